The van der Waals surface area contributed by atoms with Crippen molar-refractivity contribution < 1.29 is 19.0 Å². The van der Waals surface area contributed by atoms with E-state index in [1.165, 1.54) is 36.1 Å². The number of anilines is 1. The molecule has 7 nitrogen and oxygen atoms in total. The molecule has 0 bridgehead atoms. The summed E-state index contributed by atoms with van der Waals surface area (Å²) in [4.78, 5) is 30.5. The summed E-state index contributed by atoms with van der Waals surface area (Å²) in [7, 11) is 1.53. The van der Waals surface area contributed by atoms with Crippen LogP contribution in [0.25, 0.3) is 16.7 Å². The SMILES string of the molecule is COc1ccc(-n2c(=O)c(C(=O)Nc3ccc(F)c(C)c3)c(O)c3cccnc32)cc1. The molecule has 2 aromatic carbocycles. The number of halogens is 1. The summed E-state index contributed by atoms with van der Waals surface area (Å²) < 4.78 is 19.9. The summed E-state index contributed by atoms with van der Waals surface area (Å²) in [5.74, 6) is -1.12. The standard InChI is InChI=1S/C23H18FN3O4/c1-13-12-14(5-10-18(13)24)26-22(29)19-20(28)17-4-3-11-25-21(17)27(23(19)30)15-6-8-16(31-2)9-7-15/h3-12,28H,1-2H3,(H,26,29). The lowest BCUT2D eigenvalue weighted by Crippen LogP contribution is -2.29. The molecule has 0 aliphatic carbocycles. The van der Waals surface area contributed by atoms with Gasteiger partial charge in [0.25, 0.3) is 11.5 Å². The first-order valence-corrected chi connectivity index (χ1v) is 9.35. The maximum absolute atomic E-state index is 13.5. The minimum absolute atomic E-state index is 0.198. The molecule has 0 radical (unpaired) electrons. The van der Waals surface area contributed by atoms with Crippen LogP contribution in [0.1, 0.15) is 15.9 Å². The number of methoxy groups -OCH3 is 1. The van der Waals surface area contributed by atoms with Crippen molar-refractivity contribution in [3.05, 3.63) is 88.1 Å². The molecule has 0 saturated carbocycles. The van der Waals surface area contributed by atoms with Crippen LogP contribution < -0.4 is 15.6 Å². The molecule has 4 rings (SSSR count). The lowest BCUT2D eigenvalue weighted by molar-refractivity contribution is 0.102. The molecule has 0 spiro atoms. The minimum atomic E-state index is -0.818. The number of amides is 1. The van der Waals surface area contributed by atoms with Gasteiger partial charge in [0.1, 0.15) is 22.9 Å². The summed E-state index contributed by atoms with van der Waals surface area (Å²) >= 11 is 0. The van der Waals surface area contributed by atoms with E-state index in [1.54, 1.807) is 43.3 Å². The summed E-state index contributed by atoms with van der Waals surface area (Å²) in [6.07, 6.45) is 1.49. The van der Waals surface area contributed by atoms with Crippen molar-refractivity contribution in [2.45, 2.75) is 6.92 Å². The van der Waals surface area contributed by atoms with E-state index in [0.29, 0.717) is 22.7 Å². The Balaban J connectivity index is 1.90. The normalized spacial score (nSPS) is 10.8. The van der Waals surface area contributed by atoms with Crippen LogP contribution in [0.4, 0.5) is 10.1 Å². The first kappa shape index (κ1) is 20.1. The number of pyridine rings is 2. The molecule has 0 unspecified atom stereocenters. The molecule has 156 valence electrons. The molecule has 2 heterocycles. The van der Waals surface area contributed by atoms with E-state index in [-0.39, 0.29) is 11.0 Å². The van der Waals surface area contributed by atoms with Crippen molar-refractivity contribution in [2.75, 3.05) is 12.4 Å². The smallest absolute Gasteiger partial charge is 0.273 e. The second-order valence-electron chi connectivity index (χ2n) is 6.85. The third-order valence-corrected chi connectivity index (χ3v) is 4.88. The number of fused-ring (bicyclic) bond motifs is 1. The van der Waals surface area contributed by atoms with Crippen molar-refractivity contribution in [3.63, 3.8) is 0 Å². The van der Waals surface area contributed by atoms with Crippen LogP contribution in [0.2, 0.25) is 0 Å². The lowest BCUT2D eigenvalue weighted by Gasteiger charge is -2.15. The summed E-state index contributed by atoms with van der Waals surface area (Å²) in [6, 6.07) is 13.8. The van der Waals surface area contributed by atoms with Gasteiger partial charge in [-0.15, -0.1) is 0 Å². The Morgan fingerprint density at radius 3 is 2.58 bits per heavy atom. The van der Waals surface area contributed by atoms with E-state index in [9.17, 15) is 19.1 Å². The number of benzene rings is 2. The second-order valence-corrected chi connectivity index (χ2v) is 6.85. The van der Waals surface area contributed by atoms with Gasteiger partial charge in [0.2, 0.25) is 0 Å². The van der Waals surface area contributed by atoms with Gasteiger partial charge in [-0.05, 0) is 67.1 Å². The Bertz CT molecular complexity index is 1360. The first-order chi connectivity index (χ1) is 14.9. The fraction of sp³-hybridized carbons (Fsp3) is 0.0870. The number of ether oxygens (including phenoxy) is 1. The van der Waals surface area contributed by atoms with Crippen LogP contribution in [-0.4, -0.2) is 27.7 Å². The van der Waals surface area contributed by atoms with Crippen molar-refractivity contribution in [2.24, 2.45) is 0 Å². The Hall–Kier alpha value is -4.20. The highest BCUT2D eigenvalue weighted by Gasteiger charge is 2.24. The molecule has 0 saturated heterocycles. The molecule has 31 heavy (non-hydrogen) atoms. The molecule has 2 N–H and O–H groups in total. The number of aryl methyl sites for hydroxylation is 1. The van der Waals surface area contributed by atoms with Crippen molar-refractivity contribution in [1.29, 1.82) is 0 Å². The fourth-order valence-corrected chi connectivity index (χ4v) is 3.30. The number of nitrogens with zero attached hydrogens (tertiary/aromatic N) is 2. The number of aromatic hydroxyl groups is 1. The van der Waals surface area contributed by atoms with E-state index in [1.807, 2.05) is 0 Å². The zero-order chi connectivity index (χ0) is 22.1. The third-order valence-electron chi connectivity index (χ3n) is 4.88. The van der Waals surface area contributed by atoms with Gasteiger partial charge >= 0.3 is 0 Å². The molecule has 0 fully saturated rings. The fourth-order valence-electron chi connectivity index (χ4n) is 3.30. The van der Waals surface area contributed by atoms with Crippen LogP contribution in [0.3, 0.4) is 0 Å². The quantitative estimate of drug-likeness (QED) is 0.525. The van der Waals surface area contributed by atoms with Gasteiger partial charge in [-0.3, -0.25) is 14.2 Å². The average molecular weight is 419 g/mol. The van der Waals surface area contributed by atoms with Gasteiger partial charge in [-0.1, -0.05) is 0 Å². The Labute approximate surface area is 176 Å². The average Bonchev–Trinajstić information content (AvgIpc) is 2.77. The van der Waals surface area contributed by atoms with Gasteiger partial charge in [0.05, 0.1) is 18.2 Å². The third kappa shape index (κ3) is 3.59. The Morgan fingerprint density at radius 2 is 1.90 bits per heavy atom. The highest BCUT2D eigenvalue weighted by Crippen LogP contribution is 2.28. The minimum Gasteiger partial charge on any atom is -0.506 e. The van der Waals surface area contributed by atoms with Crippen molar-refractivity contribution in [1.82, 2.24) is 9.55 Å². The topological polar surface area (TPSA) is 93.5 Å². The van der Waals surface area contributed by atoms with Crippen LogP contribution in [0.15, 0.2) is 65.6 Å². The van der Waals surface area contributed by atoms with E-state index < -0.39 is 28.6 Å². The maximum Gasteiger partial charge on any atom is 0.273 e. The molecule has 2 aromatic heterocycles. The number of hydrogen-bond donors (Lipinski definition) is 2. The first-order valence-electron chi connectivity index (χ1n) is 9.35. The van der Waals surface area contributed by atoms with Gasteiger partial charge < -0.3 is 15.2 Å². The predicted octanol–water partition coefficient (Wildman–Crippen LogP) is 3.80. The number of carbonyl (C=O) groups excluding carboxylic acids is 1. The van der Waals surface area contributed by atoms with Gasteiger partial charge in [0.15, 0.2) is 5.65 Å². The highest BCUT2D eigenvalue weighted by atomic mass is 19.1. The molecule has 0 atom stereocenters. The molecule has 8 heteroatoms. The molecule has 0 aliphatic heterocycles. The van der Waals surface area contributed by atoms with E-state index in [0.717, 1.165) is 0 Å². The van der Waals surface area contributed by atoms with Crippen LogP contribution in [0.5, 0.6) is 11.5 Å². The summed E-state index contributed by atoms with van der Waals surface area (Å²) in [5.41, 5.74) is 0.0828. The molecular formula is C23H18FN3O4. The monoisotopic (exact) mass is 419 g/mol. The van der Waals surface area contributed by atoms with Crippen molar-refractivity contribution >= 4 is 22.6 Å². The van der Waals surface area contributed by atoms with E-state index in [2.05, 4.69) is 10.3 Å². The Morgan fingerprint density at radius 1 is 1.16 bits per heavy atom. The largest absolute Gasteiger partial charge is 0.506 e. The number of hydrogen-bond acceptors (Lipinski definition) is 5. The van der Waals surface area contributed by atoms with Gasteiger partial charge in [-0.2, -0.15) is 0 Å². The molecule has 1 amide bonds. The predicted molar refractivity (Wildman–Crippen MR) is 115 cm³/mol. The number of carbonyl (C=O) groups is 1. The summed E-state index contributed by atoms with van der Waals surface area (Å²) in [5, 5.41) is 13.5. The van der Waals surface area contributed by atoms with Gasteiger partial charge in [-0.25, -0.2) is 9.37 Å². The lowest BCUT2D eigenvalue weighted by atomic mass is 10.1. The van der Waals surface area contributed by atoms with Crippen LogP contribution in [-0.2, 0) is 0 Å². The Kier molecular flexibility index (Phi) is 5.12. The molecule has 0 aliphatic rings. The number of aromatic nitrogens is 2. The summed E-state index contributed by atoms with van der Waals surface area (Å²) in [6.45, 7) is 1.56. The van der Waals surface area contributed by atoms with Crippen LogP contribution >= 0.6 is 0 Å². The van der Waals surface area contributed by atoms with Crippen LogP contribution in [0, 0.1) is 12.7 Å². The zero-order valence-corrected chi connectivity index (χ0v) is 16.7. The maximum atomic E-state index is 13.5. The number of nitrogens with one attached hydrogen (secondary N) is 1. The highest BCUT2D eigenvalue weighted by molar-refractivity contribution is 6.09. The molecule has 4 aromatic rings. The molecular weight excluding hydrogens is 401 g/mol. The van der Waals surface area contributed by atoms with Gasteiger partial charge in [0, 0.05) is 11.9 Å². The van der Waals surface area contributed by atoms with E-state index in [4.69, 9.17) is 4.74 Å². The van der Waals surface area contributed by atoms with Crippen molar-refractivity contribution in [3.8, 4) is 17.2 Å². The number of rotatable bonds is 4. The van der Waals surface area contributed by atoms with E-state index >= 15 is 0 Å². The second kappa shape index (κ2) is 7.91. The zero-order valence-electron chi connectivity index (χ0n) is 16.7.